The van der Waals surface area contributed by atoms with E-state index in [4.69, 9.17) is 9.97 Å². The Labute approximate surface area is 426 Å². The number of phenolic OH excluding ortho intramolecular Hbond substituents is 1. The highest BCUT2D eigenvalue weighted by molar-refractivity contribution is 6.01. The fourth-order valence-electron chi connectivity index (χ4n) is 10.4. The van der Waals surface area contributed by atoms with E-state index >= 15 is 0 Å². The standard InChI is InChI=1S/C67H68N4O/c1-15-50-36-44-20-19-23-53(62(44)71(50)51-21-17-16-18-22-51)42-30-31-68-57(37-42)46-32-45(34-48(35-46)65(5,6)7)55-39-49(66(8,9)10)40-58-61(55)69-63(70(58)14)54-27-24-43(38-59(54)72)60-52-28-26-47(64(2,3)4)33-41(52)25-29-56(60)67(11,12)13/h15-40,72H,1H2,2-14H3. The average molecular weight is 945 g/mol. The quantitative estimate of drug-likeness (QED) is 0.173. The molecular weight excluding hydrogens is 877 g/mol. The fraction of sp³-hybridized carbons (Fsp3) is 0.254. The number of para-hydroxylation sites is 2. The summed E-state index contributed by atoms with van der Waals surface area (Å²) in [5, 5.41) is 15.7. The lowest BCUT2D eigenvalue weighted by atomic mass is 9.78. The SMILES string of the molecule is C=Cc1cc2cccc(-c3ccnc(-c4cc(-c5cc(C(C)(C)C)cc6c5nc(-c5ccc(-c7c(C(C)(C)C)ccc8cc(C(C)(C)C)ccc78)cc5O)n6C)cc(C(C)(C)C)c4)c3)c2n1-c1ccccc1. The third kappa shape index (κ3) is 8.63. The van der Waals surface area contributed by atoms with E-state index in [0.717, 1.165) is 78.0 Å². The molecule has 0 aliphatic rings. The zero-order valence-electron chi connectivity index (χ0n) is 44.5. The van der Waals surface area contributed by atoms with Gasteiger partial charge in [0.1, 0.15) is 11.6 Å². The topological polar surface area (TPSA) is 55.9 Å². The number of phenols is 1. The molecule has 5 nitrogen and oxygen atoms in total. The third-order valence-corrected chi connectivity index (χ3v) is 14.6. The maximum Gasteiger partial charge on any atom is 0.144 e. The van der Waals surface area contributed by atoms with Crippen LogP contribution in [0.15, 0.2) is 158 Å². The van der Waals surface area contributed by atoms with Crippen molar-refractivity contribution in [2.75, 3.05) is 0 Å². The molecule has 362 valence electrons. The van der Waals surface area contributed by atoms with Crippen molar-refractivity contribution in [1.29, 1.82) is 0 Å². The van der Waals surface area contributed by atoms with Crippen LogP contribution in [0.25, 0.3) is 100 Å². The Morgan fingerprint density at radius 2 is 1.24 bits per heavy atom. The van der Waals surface area contributed by atoms with E-state index in [2.05, 4.69) is 245 Å². The molecule has 10 rings (SSSR count). The van der Waals surface area contributed by atoms with E-state index in [9.17, 15) is 5.11 Å². The summed E-state index contributed by atoms with van der Waals surface area (Å²) in [6, 6.07) is 52.6. The highest BCUT2D eigenvalue weighted by Gasteiger charge is 2.27. The predicted octanol–water partition coefficient (Wildman–Crippen LogP) is 17.9. The van der Waals surface area contributed by atoms with Crippen molar-refractivity contribution in [2.45, 2.75) is 105 Å². The number of imidazole rings is 1. The number of aromatic nitrogens is 4. The largest absolute Gasteiger partial charge is 0.507 e. The molecule has 5 heteroatoms. The van der Waals surface area contributed by atoms with Crippen molar-refractivity contribution in [3.8, 4) is 67.5 Å². The van der Waals surface area contributed by atoms with Crippen LogP contribution in [0.3, 0.4) is 0 Å². The van der Waals surface area contributed by atoms with Crippen molar-refractivity contribution in [3.63, 3.8) is 0 Å². The summed E-state index contributed by atoms with van der Waals surface area (Å²) in [6.45, 7) is 31.4. The number of hydrogen-bond acceptors (Lipinski definition) is 3. The molecule has 3 heterocycles. The minimum absolute atomic E-state index is 0.0289. The number of benzene rings is 7. The van der Waals surface area contributed by atoms with Gasteiger partial charge in [0.15, 0.2) is 0 Å². The Balaban J connectivity index is 1.13. The Kier molecular flexibility index (Phi) is 11.6. The van der Waals surface area contributed by atoms with Crippen LogP contribution < -0.4 is 0 Å². The van der Waals surface area contributed by atoms with E-state index in [-0.39, 0.29) is 27.4 Å². The van der Waals surface area contributed by atoms with Crippen LogP contribution in [-0.4, -0.2) is 24.2 Å². The molecule has 0 bridgehead atoms. The molecule has 0 aliphatic heterocycles. The predicted molar refractivity (Wildman–Crippen MR) is 307 cm³/mol. The van der Waals surface area contributed by atoms with Gasteiger partial charge in [0.05, 0.1) is 27.8 Å². The van der Waals surface area contributed by atoms with Crippen LogP contribution in [0.2, 0.25) is 0 Å². The van der Waals surface area contributed by atoms with Crippen LogP contribution in [0.5, 0.6) is 5.75 Å². The average Bonchev–Trinajstić information content (AvgIpc) is 3.89. The maximum absolute atomic E-state index is 12.2. The molecule has 0 saturated heterocycles. The minimum atomic E-state index is -0.166. The van der Waals surface area contributed by atoms with Gasteiger partial charge in [0, 0.05) is 46.7 Å². The van der Waals surface area contributed by atoms with Crippen LogP contribution in [0, 0.1) is 0 Å². The third-order valence-electron chi connectivity index (χ3n) is 14.6. The minimum Gasteiger partial charge on any atom is -0.507 e. The lowest BCUT2D eigenvalue weighted by molar-refractivity contribution is 0.477. The normalized spacial score (nSPS) is 12.6. The summed E-state index contributed by atoms with van der Waals surface area (Å²) in [7, 11) is 2.07. The van der Waals surface area contributed by atoms with E-state index < -0.39 is 0 Å². The first-order valence-corrected chi connectivity index (χ1v) is 25.4. The van der Waals surface area contributed by atoms with Crippen LogP contribution in [0.4, 0.5) is 0 Å². The van der Waals surface area contributed by atoms with Gasteiger partial charge in [-0.25, -0.2) is 4.98 Å². The van der Waals surface area contributed by atoms with E-state index in [1.54, 1.807) is 0 Å². The summed E-state index contributed by atoms with van der Waals surface area (Å²) in [4.78, 5) is 10.6. The van der Waals surface area contributed by atoms with Gasteiger partial charge in [0.25, 0.3) is 0 Å². The molecule has 10 aromatic rings. The summed E-state index contributed by atoms with van der Waals surface area (Å²) in [6.07, 6.45) is 3.87. The van der Waals surface area contributed by atoms with Gasteiger partial charge in [-0.15, -0.1) is 0 Å². The Bertz CT molecular complexity index is 3760. The van der Waals surface area contributed by atoms with Gasteiger partial charge in [-0.2, -0.15) is 0 Å². The Morgan fingerprint density at radius 3 is 1.92 bits per heavy atom. The smallest absolute Gasteiger partial charge is 0.144 e. The molecule has 0 radical (unpaired) electrons. The molecule has 0 fully saturated rings. The highest BCUT2D eigenvalue weighted by atomic mass is 16.3. The van der Waals surface area contributed by atoms with Crippen LogP contribution in [-0.2, 0) is 28.7 Å². The molecule has 0 saturated carbocycles. The van der Waals surface area contributed by atoms with Gasteiger partial charge < -0.3 is 14.2 Å². The zero-order valence-corrected chi connectivity index (χ0v) is 44.5. The van der Waals surface area contributed by atoms with E-state index in [0.29, 0.717) is 11.4 Å². The number of fused-ring (bicyclic) bond motifs is 3. The van der Waals surface area contributed by atoms with Crippen LogP contribution in [0.1, 0.15) is 111 Å². The number of aryl methyl sites for hydroxylation is 1. The van der Waals surface area contributed by atoms with Crippen LogP contribution >= 0.6 is 0 Å². The first-order chi connectivity index (χ1) is 34.0. The lowest BCUT2D eigenvalue weighted by Gasteiger charge is -2.26. The van der Waals surface area contributed by atoms with Crippen molar-refractivity contribution in [3.05, 3.63) is 186 Å². The van der Waals surface area contributed by atoms with Crippen molar-refractivity contribution in [1.82, 2.24) is 19.1 Å². The summed E-state index contributed by atoms with van der Waals surface area (Å²) < 4.78 is 4.45. The van der Waals surface area contributed by atoms with Gasteiger partial charge in [-0.1, -0.05) is 169 Å². The van der Waals surface area contributed by atoms with Crippen molar-refractivity contribution in [2.24, 2.45) is 7.05 Å². The second-order valence-corrected chi connectivity index (χ2v) is 24.0. The Morgan fingerprint density at radius 1 is 0.528 bits per heavy atom. The molecule has 0 amide bonds. The molecule has 0 spiro atoms. The first kappa shape index (κ1) is 48.1. The second-order valence-electron chi connectivity index (χ2n) is 24.0. The zero-order chi connectivity index (χ0) is 51.2. The monoisotopic (exact) mass is 945 g/mol. The van der Waals surface area contributed by atoms with Crippen molar-refractivity contribution < 1.29 is 5.11 Å². The number of hydrogen-bond donors (Lipinski definition) is 1. The molecule has 7 aromatic carbocycles. The summed E-state index contributed by atoms with van der Waals surface area (Å²) in [5.74, 6) is 0.905. The maximum atomic E-state index is 12.2. The molecule has 72 heavy (non-hydrogen) atoms. The number of nitrogens with zero attached hydrogens (tertiary/aromatic N) is 4. The van der Waals surface area contributed by atoms with E-state index in [1.165, 1.54) is 33.0 Å². The molecule has 3 aromatic heterocycles. The van der Waals surface area contributed by atoms with Gasteiger partial charge in [-0.05, 0) is 150 Å². The summed E-state index contributed by atoms with van der Waals surface area (Å²) >= 11 is 0. The van der Waals surface area contributed by atoms with Gasteiger partial charge in [-0.3, -0.25) is 4.98 Å². The fourth-order valence-corrected chi connectivity index (χ4v) is 10.4. The molecule has 0 atom stereocenters. The second kappa shape index (κ2) is 17.4. The number of rotatable bonds is 7. The summed E-state index contributed by atoms with van der Waals surface area (Å²) in [5.41, 5.74) is 18.8. The first-order valence-electron chi connectivity index (χ1n) is 25.4. The lowest BCUT2D eigenvalue weighted by Crippen LogP contribution is -2.14. The van der Waals surface area contributed by atoms with Gasteiger partial charge in [0.2, 0.25) is 0 Å². The number of pyridine rings is 1. The van der Waals surface area contributed by atoms with Gasteiger partial charge >= 0.3 is 0 Å². The molecule has 0 aliphatic carbocycles. The molecule has 0 unspecified atom stereocenters. The number of aromatic hydroxyl groups is 1. The van der Waals surface area contributed by atoms with Crippen molar-refractivity contribution >= 4 is 38.8 Å². The highest BCUT2D eigenvalue weighted by Crippen LogP contribution is 2.45. The Hall–Kier alpha value is -7.50. The van der Waals surface area contributed by atoms with E-state index in [1.807, 2.05) is 18.3 Å². The molecule has 1 N–H and O–H groups in total. The molecular formula is C67H68N4O.